The maximum Gasteiger partial charge on any atom is 0.0513 e. The van der Waals surface area contributed by atoms with Crippen LogP contribution in [0.1, 0.15) is 33.1 Å². The fourth-order valence-electron chi connectivity index (χ4n) is 2.21. The molecule has 90 valence electrons. The largest absolute Gasteiger partial charge is 0.396 e. The molecule has 1 fully saturated rings. The van der Waals surface area contributed by atoms with Gasteiger partial charge in [0.2, 0.25) is 0 Å². The Kier molecular flexibility index (Phi) is 6.17. The number of ether oxygens (including phenoxy) is 1. The molecule has 1 aliphatic rings. The molecule has 2 nitrogen and oxygen atoms in total. The van der Waals surface area contributed by atoms with E-state index in [9.17, 15) is 0 Å². The van der Waals surface area contributed by atoms with Crippen LogP contribution in [0.5, 0.6) is 0 Å². The second-order valence-corrected chi connectivity index (χ2v) is 6.18. The summed E-state index contributed by atoms with van der Waals surface area (Å²) in [5.41, 5.74) is 0. The van der Waals surface area contributed by atoms with Gasteiger partial charge in [-0.3, -0.25) is 0 Å². The van der Waals surface area contributed by atoms with E-state index in [0.29, 0.717) is 11.4 Å². The average molecular weight is 279 g/mol. The first kappa shape index (κ1) is 13.5. The zero-order valence-corrected chi connectivity index (χ0v) is 11.4. The van der Waals surface area contributed by atoms with Crippen LogP contribution in [0.3, 0.4) is 0 Å². The first-order valence-corrected chi connectivity index (χ1v) is 6.87. The molecule has 1 unspecified atom stereocenters. The summed E-state index contributed by atoms with van der Waals surface area (Å²) in [5.74, 6) is 1.91. The quantitative estimate of drug-likeness (QED) is 0.598. The van der Waals surface area contributed by atoms with Crippen molar-refractivity contribution in [3.8, 4) is 0 Å². The Labute approximate surface area is 102 Å². The van der Waals surface area contributed by atoms with E-state index < -0.39 is 0 Å². The Balaban J connectivity index is 2.05. The summed E-state index contributed by atoms with van der Waals surface area (Å²) in [5, 5.41) is 8.83. The van der Waals surface area contributed by atoms with Gasteiger partial charge in [0, 0.05) is 24.0 Å². The zero-order chi connectivity index (χ0) is 11.3. The smallest absolute Gasteiger partial charge is 0.0513 e. The lowest BCUT2D eigenvalue weighted by molar-refractivity contribution is 0.0721. The van der Waals surface area contributed by atoms with Crippen molar-refractivity contribution in [2.24, 2.45) is 17.8 Å². The predicted octanol–water partition coefficient (Wildman–Crippen LogP) is 2.83. The maximum absolute atomic E-state index is 8.83. The third-order valence-electron chi connectivity index (χ3n) is 3.19. The Bertz CT molecular complexity index is 175. The van der Waals surface area contributed by atoms with Crippen molar-refractivity contribution >= 4 is 15.9 Å². The molecule has 15 heavy (non-hydrogen) atoms. The summed E-state index contributed by atoms with van der Waals surface area (Å²) in [6.45, 7) is 6.07. The van der Waals surface area contributed by atoms with Gasteiger partial charge in [-0.1, -0.05) is 29.8 Å². The van der Waals surface area contributed by atoms with Crippen LogP contribution in [-0.2, 0) is 4.74 Å². The molecule has 0 saturated heterocycles. The Hall–Kier alpha value is 0.400. The highest BCUT2D eigenvalue weighted by Gasteiger charge is 2.29. The van der Waals surface area contributed by atoms with Gasteiger partial charge in [0.15, 0.2) is 0 Å². The van der Waals surface area contributed by atoms with Gasteiger partial charge < -0.3 is 9.84 Å². The van der Waals surface area contributed by atoms with Crippen molar-refractivity contribution < 1.29 is 9.84 Å². The third kappa shape index (κ3) is 4.83. The predicted molar refractivity (Wildman–Crippen MR) is 66.3 cm³/mol. The Morgan fingerprint density at radius 2 is 2.20 bits per heavy atom. The molecule has 1 aliphatic carbocycles. The van der Waals surface area contributed by atoms with Crippen LogP contribution in [0.2, 0.25) is 0 Å². The van der Waals surface area contributed by atoms with Crippen molar-refractivity contribution in [1.82, 2.24) is 0 Å². The van der Waals surface area contributed by atoms with Gasteiger partial charge in [-0.25, -0.2) is 0 Å². The van der Waals surface area contributed by atoms with Crippen molar-refractivity contribution in [2.45, 2.75) is 37.9 Å². The van der Waals surface area contributed by atoms with Crippen molar-refractivity contribution in [1.29, 1.82) is 0 Å². The van der Waals surface area contributed by atoms with E-state index in [-0.39, 0.29) is 12.5 Å². The molecule has 0 aliphatic heterocycles. The molecule has 1 N–H and O–H groups in total. The van der Waals surface area contributed by atoms with Gasteiger partial charge in [-0.2, -0.15) is 0 Å². The van der Waals surface area contributed by atoms with Crippen molar-refractivity contribution in [3.63, 3.8) is 0 Å². The van der Waals surface area contributed by atoms with E-state index in [2.05, 4.69) is 22.9 Å². The van der Waals surface area contributed by atoms with Crippen LogP contribution in [0.25, 0.3) is 0 Å². The molecule has 4 atom stereocenters. The molecule has 0 heterocycles. The van der Waals surface area contributed by atoms with Crippen molar-refractivity contribution in [2.75, 3.05) is 19.8 Å². The number of aliphatic hydroxyl groups excluding tert-OH is 1. The maximum atomic E-state index is 8.83. The molecule has 1 rings (SSSR count). The molecule has 0 bridgehead atoms. The van der Waals surface area contributed by atoms with Gasteiger partial charge in [0.05, 0.1) is 6.61 Å². The second kappa shape index (κ2) is 6.87. The third-order valence-corrected chi connectivity index (χ3v) is 4.31. The molecule has 0 aromatic heterocycles. The molecule has 0 spiro atoms. The number of hydrogen-bond acceptors (Lipinski definition) is 2. The van der Waals surface area contributed by atoms with Crippen LogP contribution < -0.4 is 0 Å². The van der Waals surface area contributed by atoms with E-state index >= 15 is 0 Å². The number of aliphatic hydroxyl groups is 1. The fraction of sp³-hybridized carbons (Fsp3) is 1.00. The Morgan fingerprint density at radius 1 is 1.47 bits per heavy atom. The van der Waals surface area contributed by atoms with E-state index in [0.717, 1.165) is 24.9 Å². The van der Waals surface area contributed by atoms with Crippen LogP contribution in [0.4, 0.5) is 0 Å². The van der Waals surface area contributed by atoms with Gasteiger partial charge >= 0.3 is 0 Å². The monoisotopic (exact) mass is 278 g/mol. The standard InChI is InChI=1S/C12H23BrO2/c1-9-5-11(12(13)6-9)3-4-15-8-10(2)7-14/h9-12,14H,3-8H2,1-2H3/t9-,10+,11+,12?/m0/s1. The van der Waals surface area contributed by atoms with Gasteiger partial charge in [0.25, 0.3) is 0 Å². The first-order valence-electron chi connectivity index (χ1n) is 5.96. The molecular weight excluding hydrogens is 256 g/mol. The van der Waals surface area contributed by atoms with Crippen LogP contribution in [0, 0.1) is 17.8 Å². The highest BCUT2D eigenvalue weighted by molar-refractivity contribution is 9.09. The second-order valence-electron chi connectivity index (χ2n) is 5.00. The minimum absolute atomic E-state index is 0.224. The topological polar surface area (TPSA) is 29.5 Å². The zero-order valence-electron chi connectivity index (χ0n) is 9.79. The number of rotatable bonds is 6. The minimum atomic E-state index is 0.224. The lowest BCUT2D eigenvalue weighted by atomic mass is 10.0. The van der Waals surface area contributed by atoms with Crippen LogP contribution in [0.15, 0.2) is 0 Å². The van der Waals surface area contributed by atoms with Gasteiger partial charge in [-0.15, -0.1) is 0 Å². The Morgan fingerprint density at radius 3 is 2.73 bits per heavy atom. The van der Waals surface area contributed by atoms with Crippen LogP contribution >= 0.6 is 15.9 Å². The van der Waals surface area contributed by atoms with E-state index in [1.54, 1.807) is 0 Å². The molecule has 0 radical (unpaired) electrons. The number of hydrogen-bond donors (Lipinski definition) is 1. The highest BCUT2D eigenvalue weighted by Crippen LogP contribution is 2.37. The lowest BCUT2D eigenvalue weighted by Gasteiger charge is -2.14. The van der Waals surface area contributed by atoms with E-state index in [4.69, 9.17) is 9.84 Å². The lowest BCUT2D eigenvalue weighted by Crippen LogP contribution is -2.14. The van der Waals surface area contributed by atoms with E-state index in [1.807, 2.05) is 6.92 Å². The summed E-state index contributed by atoms with van der Waals surface area (Å²) in [6.07, 6.45) is 3.78. The summed E-state index contributed by atoms with van der Waals surface area (Å²) in [4.78, 5) is 0.686. The summed E-state index contributed by atoms with van der Waals surface area (Å²) in [6, 6.07) is 0. The molecule has 0 aromatic rings. The molecule has 3 heteroatoms. The number of halogens is 1. The minimum Gasteiger partial charge on any atom is -0.396 e. The summed E-state index contributed by atoms with van der Waals surface area (Å²) >= 11 is 3.74. The number of alkyl halides is 1. The molecule has 0 amide bonds. The molecular formula is C12H23BrO2. The van der Waals surface area contributed by atoms with Gasteiger partial charge in [-0.05, 0) is 31.1 Å². The van der Waals surface area contributed by atoms with E-state index in [1.165, 1.54) is 12.8 Å². The molecule has 1 saturated carbocycles. The summed E-state index contributed by atoms with van der Waals surface area (Å²) < 4.78 is 5.55. The van der Waals surface area contributed by atoms with Crippen molar-refractivity contribution in [3.05, 3.63) is 0 Å². The first-order chi connectivity index (χ1) is 7.13. The summed E-state index contributed by atoms with van der Waals surface area (Å²) in [7, 11) is 0. The van der Waals surface area contributed by atoms with Gasteiger partial charge in [0.1, 0.15) is 0 Å². The average Bonchev–Trinajstić information content (AvgIpc) is 2.52. The highest BCUT2D eigenvalue weighted by atomic mass is 79.9. The van der Waals surface area contributed by atoms with Crippen LogP contribution in [-0.4, -0.2) is 29.8 Å². The molecule has 0 aromatic carbocycles. The normalized spacial score (nSPS) is 33.2. The SMILES string of the molecule is C[C@H](CO)COCC[C@@H]1C[C@H](C)CC1Br. The fourth-order valence-corrected chi connectivity index (χ4v) is 3.33.